The molecule has 106 valence electrons. The summed E-state index contributed by atoms with van der Waals surface area (Å²) in [6.07, 6.45) is 6.23. The Bertz CT molecular complexity index is 499. The predicted molar refractivity (Wildman–Crippen MR) is 80.4 cm³/mol. The zero-order valence-electron chi connectivity index (χ0n) is 12.0. The number of rotatable bonds is 7. The van der Waals surface area contributed by atoms with E-state index >= 15 is 0 Å². The van der Waals surface area contributed by atoms with E-state index in [1.807, 2.05) is 12.4 Å². The van der Waals surface area contributed by atoms with Crippen molar-refractivity contribution in [3.63, 3.8) is 0 Å². The van der Waals surface area contributed by atoms with E-state index in [4.69, 9.17) is 4.74 Å². The van der Waals surface area contributed by atoms with Crippen LogP contribution in [0.2, 0.25) is 0 Å². The van der Waals surface area contributed by atoms with Crippen LogP contribution in [0, 0.1) is 0 Å². The molecule has 4 nitrogen and oxygen atoms in total. The number of nitrogens with zero attached hydrogens (tertiary/aromatic N) is 2. The molecular formula is C16H21N3O. The van der Waals surface area contributed by atoms with Gasteiger partial charge in [-0.1, -0.05) is 24.3 Å². The fourth-order valence-electron chi connectivity index (χ4n) is 2.07. The third-order valence-corrected chi connectivity index (χ3v) is 3.28. The highest BCUT2D eigenvalue weighted by atomic mass is 16.5. The summed E-state index contributed by atoms with van der Waals surface area (Å²) >= 11 is 0. The lowest BCUT2D eigenvalue weighted by molar-refractivity contribution is 0.193. The molecular weight excluding hydrogens is 250 g/mol. The minimum absolute atomic E-state index is 0.341. The normalized spacial score (nSPS) is 12.3. The van der Waals surface area contributed by atoms with Gasteiger partial charge in [-0.05, 0) is 31.0 Å². The van der Waals surface area contributed by atoms with Gasteiger partial charge in [0, 0.05) is 37.7 Å². The van der Waals surface area contributed by atoms with Gasteiger partial charge in [-0.15, -0.1) is 0 Å². The summed E-state index contributed by atoms with van der Waals surface area (Å²) in [6, 6.07) is 8.86. The molecule has 0 saturated carbocycles. The largest absolute Gasteiger partial charge is 0.385 e. The Hall–Kier alpha value is -1.78. The van der Waals surface area contributed by atoms with Crippen LogP contribution in [0.25, 0.3) is 11.1 Å². The second-order valence-corrected chi connectivity index (χ2v) is 4.77. The molecule has 1 heterocycles. The SMILES string of the molecule is COCCCNC(C)c1ccc(-c2cncnc2)cc1. The van der Waals surface area contributed by atoms with E-state index in [2.05, 4.69) is 46.5 Å². The Morgan fingerprint density at radius 2 is 1.80 bits per heavy atom. The van der Waals surface area contributed by atoms with Crippen LogP contribution in [0.15, 0.2) is 43.0 Å². The zero-order valence-corrected chi connectivity index (χ0v) is 12.0. The fraction of sp³-hybridized carbons (Fsp3) is 0.375. The lowest BCUT2D eigenvalue weighted by Gasteiger charge is -2.14. The van der Waals surface area contributed by atoms with Crippen LogP contribution in [0.4, 0.5) is 0 Å². The Morgan fingerprint density at radius 3 is 2.45 bits per heavy atom. The summed E-state index contributed by atoms with van der Waals surface area (Å²) < 4.78 is 5.04. The predicted octanol–water partition coefficient (Wildman–Crippen LogP) is 2.83. The number of ether oxygens (including phenoxy) is 1. The Morgan fingerprint density at radius 1 is 1.10 bits per heavy atom. The molecule has 1 N–H and O–H groups in total. The number of benzene rings is 1. The average molecular weight is 271 g/mol. The van der Waals surface area contributed by atoms with Crippen molar-refractivity contribution in [3.05, 3.63) is 48.5 Å². The number of hydrogen-bond donors (Lipinski definition) is 1. The first-order valence-electron chi connectivity index (χ1n) is 6.89. The lowest BCUT2D eigenvalue weighted by atomic mass is 10.0. The van der Waals surface area contributed by atoms with E-state index in [1.165, 1.54) is 5.56 Å². The Balaban J connectivity index is 1.94. The van der Waals surface area contributed by atoms with Gasteiger partial charge in [-0.25, -0.2) is 9.97 Å². The van der Waals surface area contributed by atoms with Crippen molar-refractivity contribution in [1.82, 2.24) is 15.3 Å². The van der Waals surface area contributed by atoms with Gasteiger partial charge in [-0.2, -0.15) is 0 Å². The highest BCUT2D eigenvalue weighted by molar-refractivity contribution is 5.61. The molecule has 1 aromatic carbocycles. The molecule has 0 amide bonds. The fourth-order valence-corrected chi connectivity index (χ4v) is 2.07. The zero-order chi connectivity index (χ0) is 14.2. The topological polar surface area (TPSA) is 47.0 Å². The monoisotopic (exact) mass is 271 g/mol. The van der Waals surface area contributed by atoms with Gasteiger partial charge < -0.3 is 10.1 Å². The number of aromatic nitrogens is 2. The highest BCUT2D eigenvalue weighted by Gasteiger charge is 2.05. The highest BCUT2D eigenvalue weighted by Crippen LogP contribution is 2.20. The van der Waals surface area contributed by atoms with Crippen molar-refractivity contribution >= 4 is 0 Å². The van der Waals surface area contributed by atoms with E-state index in [1.54, 1.807) is 13.4 Å². The molecule has 20 heavy (non-hydrogen) atoms. The molecule has 0 radical (unpaired) electrons. The molecule has 0 bridgehead atoms. The van der Waals surface area contributed by atoms with Crippen molar-refractivity contribution in [2.45, 2.75) is 19.4 Å². The smallest absolute Gasteiger partial charge is 0.115 e. The molecule has 1 aromatic heterocycles. The van der Waals surface area contributed by atoms with Crippen LogP contribution >= 0.6 is 0 Å². The van der Waals surface area contributed by atoms with Crippen molar-refractivity contribution < 1.29 is 4.74 Å². The summed E-state index contributed by atoms with van der Waals surface area (Å²) in [7, 11) is 1.73. The quantitative estimate of drug-likeness (QED) is 0.787. The molecule has 0 aliphatic carbocycles. The standard InChI is InChI=1S/C16H21N3O/c1-13(19-8-3-9-20-2)14-4-6-15(7-5-14)16-10-17-12-18-11-16/h4-7,10-13,19H,3,8-9H2,1-2H3. The second kappa shape index (κ2) is 7.72. The van der Waals surface area contributed by atoms with Gasteiger partial charge in [0.1, 0.15) is 6.33 Å². The number of methoxy groups -OCH3 is 1. The van der Waals surface area contributed by atoms with Crippen LogP contribution in [0.3, 0.4) is 0 Å². The number of hydrogen-bond acceptors (Lipinski definition) is 4. The van der Waals surface area contributed by atoms with Crippen LogP contribution in [-0.2, 0) is 4.74 Å². The van der Waals surface area contributed by atoms with Crippen LogP contribution in [0.1, 0.15) is 24.9 Å². The molecule has 4 heteroatoms. The van der Waals surface area contributed by atoms with E-state index in [0.29, 0.717) is 6.04 Å². The molecule has 0 spiro atoms. The van der Waals surface area contributed by atoms with E-state index in [0.717, 1.165) is 30.7 Å². The number of nitrogens with one attached hydrogen (secondary N) is 1. The van der Waals surface area contributed by atoms with Gasteiger partial charge in [0.15, 0.2) is 0 Å². The summed E-state index contributed by atoms with van der Waals surface area (Å²) in [4.78, 5) is 8.08. The molecule has 1 atom stereocenters. The van der Waals surface area contributed by atoms with Crippen molar-refractivity contribution in [2.24, 2.45) is 0 Å². The van der Waals surface area contributed by atoms with E-state index in [9.17, 15) is 0 Å². The molecule has 0 fully saturated rings. The molecule has 0 saturated heterocycles. The Kier molecular flexibility index (Phi) is 5.65. The van der Waals surface area contributed by atoms with Gasteiger partial charge in [0.05, 0.1) is 0 Å². The van der Waals surface area contributed by atoms with Crippen LogP contribution in [-0.4, -0.2) is 30.2 Å². The molecule has 2 aromatic rings. The van der Waals surface area contributed by atoms with Crippen LogP contribution < -0.4 is 5.32 Å². The maximum atomic E-state index is 5.04. The van der Waals surface area contributed by atoms with E-state index in [-0.39, 0.29) is 0 Å². The first kappa shape index (κ1) is 14.6. The van der Waals surface area contributed by atoms with Gasteiger partial charge in [-0.3, -0.25) is 0 Å². The van der Waals surface area contributed by atoms with Gasteiger partial charge in [0.2, 0.25) is 0 Å². The first-order chi connectivity index (χ1) is 9.81. The van der Waals surface area contributed by atoms with Gasteiger partial charge >= 0.3 is 0 Å². The molecule has 2 rings (SSSR count). The minimum Gasteiger partial charge on any atom is -0.385 e. The Labute approximate surface area is 120 Å². The third-order valence-electron chi connectivity index (χ3n) is 3.28. The average Bonchev–Trinajstić information content (AvgIpc) is 2.52. The maximum absolute atomic E-state index is 5.04. The lowest BCUT2D eigenvalue weighted by Crippen LogP contribution is -2.20. The summed E-state index contributed by atoms with van der Waals surface area (Å²) in [5.74, 6) is 0. The third kappa shape index (κ3) is 4.11. The van der Waals surface area contributed by atoms with Crippen molar-refractivity contribution in [2.75, 3.05) is 20.3 Å². The van der Waals surface area contributed by atoms with E-state index < -0.39 is 0 Å². The maximum Gasteiger partial charge on any atom is 0.115 e. The summed E-state index contributed by atoms with van der Waals surface area (Å²) in [5, 5.41) is 3.49. The van der Waals surface area contributed by atoms with Crippen molar-refractivity contribution in [1.29, 1.82) is 0 Å². The molecule has 1 unspecified atom stereocenters. The van der Waals surface area contributed by atoms with Crippen LogP contribution in [0.5, 0.6) is 0 Å². The summed E-state index contributed by atoms with van der Waals surface area (Å²) in [6.45, 7) is 3.93. The van der Waals surface area contributed by atoms with Crippen molar-refractivity contribution in [3.8, 4) is 11.1 Å². The second-order valence-electron chi connectivity index (χ2n) is 4.77. The minimum atomic E-state index is 0.341. The molecule has 0 aliphatic heterocycles. The summed E-state index contributed by atoms with van der Waals surface area (Å²) in [5.41, 5.74) is 3.46. The van der Waals surface area contributed by atoms with Gasteiger partial charge in [0.25, 0.3) is 0 Å². The molecule has 0 aliphatic rings. The first-order valence-corrected chi connectivity index (χ1v) is 6.89.